The second kappa shape index (κ2) is 2.37. The smallest absolute Gasteiger partial charge is 0.116 e. The highest BCUT2D eigenvalue weighted by atomic mass is 14.9. The van der Waals surface area contributed by atoms with Crippen LogP contribution in [0, 0.1) is 6.92 Å². The number of rotatable bonds is 0. The van der Waals surface area contributed by atoms with Crippen LogP contribution in [0.3, 0.4) is 0 Å². The average Bonchev–Trinajstić information content (AvgIpc) is 2.42. The molecule has 0 amide bonds. The number of pyridine rings is 1. The third kappa shape index (κ3) is 0.859. The fourth-order valence-electron chi connectivity index (χ4n) is 1.51. The molecule has 2 nitrogen and oxygen atoms in total. The van der Waals surface area contributed by atoms with Gasteiger partial charge in [-0.25, -0.2) is 0 Å². The zero-order valence-electron chi connectivity index (χ0n) is 7.20. The summed E-state index contributed by atoms with van der Waals surface area (Å²) in [5.41, 5.74) is 2.89. The number of hydrogen-bond donors (Lipinski definition) is 0. The molecule has 0 atom stereocenters. The normalized spacial score (nSPS) is 10.8. The van der Waals surface area contributed by atoms with Gasteiger partial charge in [0.25, 0.3) is 0 Å². The van der Waals surface area contributed by atoms with Crippen LogP contribution < -0.4 is 5.46 Å². The summed E-state index contributed by atoms with van der Waals surface area (Å²) in [5.74, 6) is 0. The van der Waals surface area contributed by atoms with Gasteiger partial charge in [-0.05, 0) is 18.4 Å². The molecule has 0 N–H and O–H groups in total. The topological polar surface area (TPSA) is 17.8 Å². The van der Waals surface area contributed by atoms with Gasteiger partial charge in [-0.15, -0.1) is 0 Å². The van der Waals surface area contributed by atoms with Gasteiger partial charge in [-0.3, -0.25) is 4.98 Å². The summed E-state index contributed by atoms with van der Waals surface area (Å²) in [6, 6.07) is 2.01. The molecule has 58 valence electrons. The molecule has 0 fully saturated rings. The first-order valence-corrected chi connectivity index (χ1v) is 3.86. The molecule has 0 aliphatic rings. The van der Waals surface area contributed by atoms with E-state index in [2.05, 4.69) is 4.98 Å². The van der Waals surface area contributed by atoms with Gasteiger partial charge in [0.1, 0.15) is 7.85 Å². The summed E-state index contributed by atoms with van der Waals surface area (Å²) < 4.78 is 2.04. The fraction of sp³-hybridized carbons (Fsp3) is 0.222. The van der Waals surface area contributed by atoms with Crippen molar-refractivity contribution in [1.82, 2.24) is 9.55 Å². The summed E-state index contributed by atoms with van der Waals surface area (Å²) in [6.07, 6.45) is 3.70. The summed E-state index contributed by atoms with van der Waals surface area (Å²) in [7, 11) is 7.76. The Morgan fingerprint density at radius 2 is 2.25 bits per heavy atom. The molecule has 2 aromatic heterocycles. The van der Waals surface area contributed by atoms with E-state index in [9.17, 15) is 0 Å². The second-order valence-electron chi connectivity index (χ2n) is 2.99. The highest BCUT2D eigenvalue weighted by Crippen LogP contribution is 2.13. The van der Waals surface area contributed by atoms with E-state index < -0.39 is 0 Å². The average molecular weight is 156 g/mol. The molecule has 0 spiro atoms. The van der Waals surface area contributed by atoms with Crippen molar-refractivity contribution in [2.24, 2.45) is 7.05 Å². The fourth-order valence-corrected chi connectivity index (χ4v) is 1.51. The Morgan fingerprint density at radius 3 is 2.92 bits per heavy atom. The van der Waals surface area contributed by atoms with E-state index in [0.29, 0.717) is 0 Å². The van der Waals surface area contributed by atoms with Crippen LogP contribution in [0.15, 0.2) is 18.5 Å². The molecule has 3 heteroatoms. The SMILES string of the molecule is [B]c1cnc(C)c2c1ccn2C. The van der Waals surface area contributed by atoms with Gasteiger partial charge >= 0.3 is 0 Å². The maximum Gasteiger partial charge on any atom is 0.116 e. The molecule has 12 heavy (non-hydrogen) atoms. The minimum absolute atomic E-state index is 0.746. The molecule has 0 aliphatic heterocycles. The Labute approximate surface area is 72.6 Å². The molecular weight excluding hydrogens is 147 g/mol. The molecule has 2 heterocycles. The predicted octanol–water partition coefficient (Wildman–Crippen LogP) is 0.676. The predicted molar refractivity (Wildman–Crippen MR) is 50.8 cm³/mol. The van der Waals surface area contributed by atoms with E-state index in [1.807, 2.05) is 30.8 Å². The van der Waals surface area contributed by atoms with Gasteiger partial charge in [0.15, 0.2) is 0 Å². The van der Waals surface area contributed by atoms with E-state index >= 15 is 0 Å². The van der Waals surface area contributed by atoms with Crippen molar-refractivity contribution >= 4 is 24.2 Å². The molecule has 0 unspecified atom stereocenters. The van der Waals surface area contributed by atoms with Gasteiger partial charge < -0.3 is 4.57 Å². The lowest BCUT2D eigenvalue weighted by Crippen LogP contribution is -2.06. The summed E-state index contributed by atoms with van der Waals surface area (Å²) >= 11 is 0. The maximum absolute atomic E-state index is 5.76. The van der Waals surface area contributed by atoms with Crippen LogP contribution in [0.5, 0.6) is 0 Å². The first-order chi connectivity index (χ1) is 5.70. The second-order valence-corrected chi connectivity index (χ2v) is 2.99. The molecule has 2 rings (SSSR count). The van der Waals surface area contributed by atoms with E-state index in [0.717, 1.165) is 22.1 Å². The molecule has 0 saturated carbocycles. The Morgan fingerprint density at radius 1 is 1.50 bits per heavy atom. The first kappa shape index (κ1) is 7.41. The van der Waals surface area contributed by atoms with Crippen LogP contribution >= 0.6 is 0 Å². The quantitative estimate of drug-likeness (QED) is 0.512. The molecule has 0 aromatic carbocycles. The molecule has 0 bridgehead atoms. The largest absolute Gasteiger partial charge is 0.349 e. The van der Waals surface area contributed by atoms with E-state index in [4.69, 9.17) is 7.85 Å². The Kier molecular flexibility index (Phi) is 1.46. The van der Waals surface area contributed by atoms with Crippen molar-refractivity contribution in [1.29, 1.82) is 0 Å². The molecule has 2 aromatic rings. The van der Waals surface area contributed by atoms with E-state index in [-0.39, 0.29) is 0 Å². The van der Waals surface area contributed by atoms with Crippen molar-refractivity contribution in [2.75, 3.05) is 0 Å². The van der Waals surface area contributed by atoms with Gasteiger partial charge in [-0.1, -0.05) is 5.46 Å². The van der Waals surface area contributed by atoms with Gasteiger partial charge in [0.2, 0.25) is 0 Å². The van der Waals surface area contributed by atoms with Crippen molar-refractivity contribution in [2.45, 2.75) is 6.92 Å². The van der Waals surface area contributed by atoms with Crippen LogP contribution in [0.2, 0.25) is 0 Å². The minimum Gasteiger partial charge on any atom is -0.349 e. The Balaban J connectivity index is 2.98. The third-order valence-electron chi connectivity index (χ3n) is 2.12. The number of aromatic nitrogens is 2. The van der Waals surface area contributed by atoms with E-state index in [1.54, 1.807) is 6.20 Å². The van der Waals surface area contributed by atoms with Crippen LogP contribution in [-0.4, -0.2) is 17.4 Å². The third-order valence-corrected chi connectivity index (χ3v) is 2.12. The first-order valence-electron chi connectivity index (χ1n) is 3.86. The van der Waals surface area contributed by atoms with Crippen molar-refractivity contribution in [3.8, 4) is 0 Å². The van der Waals surface area contributed by atoms with Crippen molar-refractivity contribution in [3.63, 3.8) is 0 Å². The molecule has 0 aliphatic carbocycles. The minimum atomic E-state index is 0.746. The molecule has 2 radical (unpaired) electrons. The van der Waals surface area contributed by atoms with Gasteiger partial charge in [-0.2, -0.15) is 0 Å². The zero-order chi connectivity index (χ0) is 8.72. The highest BCUT2D eigenvalue weighted by Gasteiger charge is 2.03. The highest BCUT2D eigenvalue weighted by molar-refractivity contribution is 6.38. The number of aryl methyl sites for hydroxylation is 2. The van der Waals surface area contributed by atoms with E-state index in [1.165, 1.54) is 0 Å². The van der Waals surface area contributed by atoms with Gasteiger partial charge in [0.05, 0.1) is 11.2 Å². The summed E-state index contributed by atoms with van der Waals surface area (Å²) in [6.45, 7) is 1.99. The lowest BCUT2D eigenvalue weighted by molar-refractivity contribution is 0.957. The summed E-state index contributed by atoms with van der Waals surface area (Å²) in [4.78, 5) is 4.19. The molecular formula is C9H9BN2. The zero-order valence-corrected chi connectivity index (χ0v) is 7.20. The van der Waals surface area contributed by atoms with Crippen LogP contribution in [0.1, 0.15) is 5.69 Å². The van der Waals surface area contributed by atoms with Crippen LogP contribution in [0.4, 0.5) is 0 Å². The standard InChI is InChI=1S/C9H9BN2/c1-6-9-7(3-4-12(9)2)8(10)5-11-6/h3-5H,1-2H3. The number of hydrogen-bond acceptors (Lipinski definition) is 1. The lowest BCUT2D eigenvalue weighted by Gasteiger charge is -2.01. The van der Waals surface area contributed by atoms with Gasteiger partial charge in [0, 0.05) is 19.4 Å². The number of fused-ring (bicyclic) bond motifs is 1. The lowest BCUT2D eigenvalue weighted by atomic mass is 9.94. The van der Waals surface area contributed by atoms with Crippen LogP contribution in [0.25, 0.3) is 10.9 Å². The molecule has 0 saturated heterocycles. The summed E-state index contributed by atoms with van der Waals surface area (Å²) in [5, 5.41) is 1.09. The van der Waals surface area contributed by atoms with Crippen LogP contribution in [-0.2, 0) is 7.05 Å². The monoisotopic (exact) mass is 156 g/mol. The Hall–Kier alpha value is -1.25. The number of nitrogens with zero attached hydrogens (tertiary/aromatic N) is 2. The maximum atomic E-state index is 5.76. The van der Waals surface area contributed by atoms with Crippen molar-refractivity contribution in [3.05, 3.63) is 24.2 Å². The Bertz CT molecular complexity index is 431. The van der Waals surface area contributed by atoms with Crippen molar-refractivity contribution < 1.29 is 0 Å².